The smallest absolute Gasteiger partial charge is 0.221 e. The van der Waals surface area contributed by atoms with Crippen LogP contribution < -0.4 is 5.32 Å². The van der Waals surface area contributed by atoms with Gasteiger partial charge in [0.1, 0.15) is 11.6 Å². The van der Waals surface area contributed by atoms with Crippen molar-refractivity contribution in [3.05, 3.63) is 28.8 Å². The van der Waals surface area contributed by atoms with Crippen LogP contribution in [-0.4, -0.2) is 22.5 Å². The predicted octanol–water partition coefficient (Wildman–Crippen LogP) is 3.26. The summed E-state index contributed by atoms with van der Waals surface area (Å²) in [5.41, 5.74) is 1.15. The predicted molar refractivity (Wildman–Crippen MR) is 77.7 cm³/mol. The lowest BCUT2D eigenvalue weighted by atomic mass is 10.3. The van der Waals surface area contributed by atoms with E-state index in [4.69, 9.17) is 23.2 Å². The molecule has 0 aliphatic heterocycles. The molecule has 0 aliphatic rings. The fourth-order valence-electron chi connectivity index (χ4n) is 2.02. The second kappa shape index (κ2) is 5.97. The fraction of sp³-hybridized carbons (Fsp3) is 0.385. The minimum atomic E-state index is -0.519. The van der Waals surface area contributed by atoms with Crippen LogP contribution in [0.25, 0.3) is 11.0 Å². The van der Waals surface area contributed by atoms with Crippen molar-refractivity contribution in [3.8, 4) is 0 Å². The van der Waals surface area contributed by atoms with Gasteiger partial charge in [-0.05, 0) is 13.0 Å². The number of amides is 1. The lowest BCUT2D eigenvalue weighted by Gasteiger charge is -2.10. The first-order valence-electron chi connectivity index (χ1n) is 6.14. The van der Waals surface area contributed by atoms with Crippen LogP contribution in [0.4, 0.5) is 4.39 Å². The minimum Gasteiger partial charge on any atom is -0.359 e. The van der Waals surface area contributed by atoms with Crippen LogP contribution in [0.5, 0.6) is 0 Å². The summed E-state index contributed by atoms with van der Waals surface area (Å²) in [5, 5.41) is 2.21. The van der Waals surface area contributed by atoms with E-state index in [0.29, 0.717) is 23.4 Å². The zero-order chi connectivity index (χ0) is 14.9. The van der Waals surface area contributed by atoms with E-state index in [-0.39, 0.29) is 22.7 Å². The number of imidazole rings is 1. The van der Waals surface area contributed by atoms with Crippen molar-refractivity contribution in [2.24, 2.45) is 0 Å². The Balaban J connectivity index is 2.50. The van der Waals surface area contributed by atoms with E-state index in [1.807, 2.05) is 0 Å². The quantitative estimate of drug-likeness (QED) is 0.880. The Kier molecular flexibility index (Phi) is 4.50. The van der Waals surface area contributed by atoms with Crippen LogP contribution >= 0.6 is 23.2 Å². The summed E-state index contributed by atoms with van der Waals surface area (Å²) in [6.45, 7) is 2.15. The molecule has 1 amide bonds. The fourth-order valence-corrected chi connectivity index (χ4v) is 2.34. The molecular weight excluding hydrogens is 304 g/mol. The van der Waals surface area contributed by atoms with Crippen molar-refractivity contribution < 1.29 is 9.18 Å². The number of hydrogen-bond donors (Lipinski definition) is 1. The third-order valence-corrected chi connectivity index (χ3v) is 3.50. The van der Waals surface area contributed by atoms with Gasteiger partial charge in [0.25, 0.3) is 0 Å². The number of nitrogens with zero attached hydrogens (tertiary/aromatic N) is 2. The third-order valence-electron chi connectivity index (χ3n) is 3.02. The lowest BCUT2D eigenvalue weighted by molar-refractivity contribution is -0.120. The molecule has 1 atom stereocenters. The molecule has 7 heteroatoms. The molecule has 1 N–H and O–H groups in total. The van der Waals surface area contributed by atoms with E-state index >= 15 is 0 Å². The topological polar surface area (TPSA) is 46.9 Å². The van der Waals surface area contributed by atoms with Crippen molar-refractivity contribution in [1.29, 1.82) is 0 Å². The van der Waals surface area contributed by atoms with Crippen molar-refractivity contribution in [2.75, 3.05) is 7.05 Å². The number of hydrogen-bond acceptors (Lipinski definition) is 2. The molecule has 0 radical (unpaired) electrons. The third kappa shape index (κ3) is 2.88. The first kappa shape index (κ1) is 15.1. The molecule has 2 aromatic rings. The summed E-state index contributed by atoms with van der Waals surface area (Å²) >= 11 is 11.9. The highest BCUT2D eigenvalue weighted by Crippen LogP contribution is 2.28. The molecule has 0 saturated heterocycles. The zero-order valence-electron chi connectivity index (χ0n) is 11.1. The Labute approximate surface area is 125 Å². The number of carbonyl (C=O) groups is 1. The highest BCUT2D eigenvalue weighted by molar-refractivity contribution is 6.31. The zero-order valence-corrected chi connectivity index (χ0v) is 12.6. The van der Waals surface area contributed by atoms with E-state index in [9.17, 15) is 9.18 Å². The number of rotatable bonds is 4. The molecule has 0 bridgehead atoms. The van der Waals surface area contributed by atoms with Gasteiger partial charge < -0.3 is 9.88 Å². The van der Waals surface area contributed by atoms with Crippen molar-refractivity contribution in [1.82, 2.24) is 14.9 Å². The van der Waals surface area contributed by atoms with Gasteiger partial charge in [-0.1, -0.05) is 11.6 Å². The number of alkyl halides is 1. The molecule has 1 aromatic carbocycles. The SMILES string of the molecule is CNC(=O)CCn1c(C(C)Cl)nc2cc(Cl)c(F)cc21. The Bertz CT molecular complexity index is 655. The molecule has 0 fully saturated rings. The van der Waals surface area contributed by atoms with Gasteiger partial charge in [-0.2, -0.15) is 0 Å². The summed E-state index contributed by atoms with van der Waals surface area (Å²) in [4.78, 5) is 15.7. The number of benzene rings is 1. The van der Waals surface area contributed by atoms with E-state index in [1.54, 1.807) is 18.5 Å². The first-order valence-corrected chi connectivity index (χ1v) is 6.95. The van der Waals surface area contributed by atoms with Crippen LogP contribution in [0.1, 0.15) is 24.5 Å². The Hall–Kier alpha value is -1.33. The number of carbonyl (C=O) groups excluding carboxylic acids is 1. The van der Waals surface area contributed by atoms with Gasteiger partial charge in [-0.25, -0.2) is 9.37 Å². The second-order valence-electron chi connectivity index (χ2n) is 4.42. The van der Waals surface area contributed by atoms with Crippen LogP contribution in [-0.2, 0) is 11.3 Å². The molecule has 0 aliphatic carbocycles. The maximum atomic E-state index is 13.6. The van der Waals surface area contributed by atoms with Gasteiger partial charge >= 0.3 is 0 Å². The normalized spacial score (nSPS) is 12.7. The van der Waals surface area contributed by atoms with Gasteiger partial charge in [-0.15, -0.1) is 11.6 Å². The average Bonchev–Trinajstić information content (AvgIpc) is 2.74. The summed E-state index contributed by atoms with van der Waals surface area (Å²) in [5.74, 6) is -0.0317. The monoisotopic (exact) mass is 317 g/mol. The van der Waals surface area contributed by atoms with Crippen molar-refractivity contribution in [3.63, 3.8) is 0 Å². The largest absolute Gasteiger partial charge is 0.359 e. The molecule has 108 valence electrons. The standard InChI is InChI=1S/C13H14Cl2FN3O/c1-7(14)13-18-10-5-8(15)9(16)6-11(10)19(13)4-3-12(20)17-2/h5-7H,3-4H2,1-2H3,(H,17,20). The maximum absolute atomic E-state index is 13.6. The average molecular weight is 318 g/mol. The minimum absolute atomic E-state index is 0.0160. The van der Waals surface area contributed by atoms with Crippen LogP contribution in [0.15, 0.2) is 12.1 Å². The highest BCUT2D eigenvalue weighted by Gasteiger charge is 2.17. The summed E-state index contributed by atoms with van der Waals surface area (Å²) in [6, 6.07) is 2.78. The summed E-state index contributed by atoms with van der Waals surface area (Å²) in [7, 11) is 1.57. The molecule has 2 rings (SSSR count). The van der Waals surface area contributed by atoms with Gasteiger partial charge in [0, 0.05) is 26.1 Å². The summed E-state index contributed by atoms with van der Waals surface area (Å²) < 4.78 is 15.4. The maximum Gasteiger partial charge on any atom is 0.221 e. The highest BCUT2D eigenvalue weighted by atomic mass is 35.5. The number of fused-ring (bicyclic) bond motifs is 1. The molecule has 4 nitrogen and oxygen atoms in total. The Morgan fingerprint density at radius 2 is 2.25 bits per heavy atom. The summed E-state index contributed by atoms with van der Waals surface area (Å²) in [6.07, 6.45) is 0.267. The van der Waals surface area contributed by atoms with Crippen molar-refractivity contribution in [2.45, 2.75) is 25.3 Å². The van der Waals surface area contributed by atoms with Gasteiger partial charge in [0.05, 0.1) is 21.4 Å². The van der Waals surface area contributed by atoms with Crippen LogP contribution in [0.3, 0.4) is 0 Å². The molecule has 1 aromatic heterocycles. The molecular formula is C13H14Cl2FN3O. The number of nitrogens with one attached hydrogen (secondary N) is 1. The lowest BCUT2D eigenvalue weighted by Crippen LogP contribution is -2.20. The first-order chi connectivity index (χ1) is 9.43. The van der Waals surface area contributed by atoms with Crippen molar-refractivity contribution >= 4 is 40.1 Å². The Morgan fingerprint density at radius 1 is 1.55 bits per heavy atom. The Morgan fingerprint density at radius 3 is 2.85 bits per heavy atom. The van der Waals surface area contributed by atoms with E-state index in [0.717, 1.165) is 0 Å². The second-order valence-corrected chi connectivity index (χ2v) is 5.48. The van der Waals surface area contributed by atoms with Gasteiger partial charge in [0.2, 0.25) is 5.91 Å². The van der Waals surface area contributed by atoms with E-state index in [2.05, 4.69) is 10.3 Å². The molecule has 1 unspecified atom stereocenters. The van der Waals surface area contributed by atoms with Crippen LogP contribution in [0, 0.1) is 5.82 Å². The number of halogens is 3. The molecule has 0 spiro atoms. The molecule has 0 saturated carbocycles. The van der Waals surface area contributed by atoms with Gasteiger partial charge in [-0.3, -0.25) is 4.79 Å². The van der Waals surface area contributed by atoms with Crippen LogP contribution in [0.2, 0.25) is 5.02 Å². The van der Waals surface area contributed by atoms with Gasteiger partial charge in [0.15, 0.2) is 0 Å². The van der Waals surface area contributed by atoms with E-state index in [1.165, 1.54) is 12.1 Å². The van der Waals surface area contributed by atoms with E-state index < -0.39 is 5.82 Å². The molecule has 1 heterocycles. The number of aryl methyl sites for hydroxylation is 1. The molecule has 20 heavy (non-hydrogen) atoms. The number of aromatic nitrogens is 2.